The minimum Gasteiger partial charge on any atom is -0.320 e. The second kappa shape index (κ2) is 4.88. The normalized spacial score (nSPS) is 10.4. The Hall–Kier alpha value is -2.71. The summed E-state index contributed by atoms with van der Waals surface area (Å²) in [5.74, 6) is 0. The van der Waals surface area contributed by atoms with Crippen molar-refractivity contribution in [2.45, 2.75) is 13.8 Å². The van der Waals surface area contributed by atoms with Crippen LogP contribution < -0.4 is 10.2 Å². The second-order valence-corrected chi connectivity index (χ2v) is 3.76. The first kappa shape index (κ1) is 12.7. The monoisotopic (exact) mass is 265 g/mol. The number of hydrogen-bond donors (Lipinski definition) is 1. The summed E-state index contributed by atoms with van der Waals surface area (Å²) in [6, 6.07) is 2.78. The third kappa shape index (κ3) is 2.44. The van der Waals surface area contributed by atoms with E-state index in [-0.39, 0.29) is 11.2 Å². The highest BCUT2D eigenvalue weighted by Gasteiger charge is 2.17. The number of fused-ring (bicyclic) bond motifs is 1. The van der Waals surface area contributed by atoms with Crippen LogP contribution in [0, 0.1) is 17.0 Å². The Balaban J connectivity index is 2.44. The Labute approximate surface area is 107 Å². The number of carbonyl (C=O) groups is 1. The van der Waals surface area contributed by atoms with Crippen LogP contribution in [-0.2, 0) is 0 Å². The topological polar surface area (TPSA) is 112 Å². The van der Waals surface area contributed by atoms with E-state index in [0.717, 1.165) is 4.85 Å². The molecule has 0 unspecified atom stereocenters. The zero-order valence-corrected chi connectivity index (χ0v) is 10.3. The molecule has 1 N–H and O–H groups in total. The standard InChI is InChI=1S/C10H11N5O4/c1-3-11-10(16)19-14-9-5-8(15(17)18)6(2)4-7(9)12-13-14/h4-5H,3H2,1-2H3,(H,11,16). The van der Waals surface area contributed by atoms with Gasteiger partial charge in [0.2, 0.25) is 0 Å². The Kier molecular flexibility index (Phi) is 3.27. The molecule has 2 aromatic rings. The lowest BCUT2D eigenvalue weighted by molar-refractivity contribution is -0.385. The van der Waals surface area contributed by atoms with E-state index in [1.165, 1.54) is 12.1 Å². The SMILES string of the molecule is CCNC(=O)On1nnc2cc(C)c([N+](=O)[O-])cc21. The number of amides is 1. The highest BCUT2D eigenvalue weighted by atomic mass is 16.7. The van der Waals surface area contributed by atoms with Crippen LogP contribution in [0.15, 0.2) is 12.1 Å². The molecule has 0 bridgehead atoms. The molecule has 1 heterocycles. The predicted octanol–water partition coefficient (Wildman–Crippen LogP) is 0.806. The first-order chi connectivity index (χ1) is 9.02. The Morgan fingerprint density at radius 3 is 2.95 bits per heavy atom. The maximum Gasteiger partial charge on any atom is 0.433 e. The van der Waals surface area contributed by atoms with Crippen LogP contribution in [-0.4, -0.2) is 32.7 Å². The Morgan fingerprint density at radius 2 is 2.32 bits per heavy atom. The molecule has 0 aliphatic rings. The number of nitrogens with zero attached hydrogens (tertiary/aromatic N) is 4. The van der Waals surface area contributed by atoms with Gasteiger partial charge in [-0.3, -0.25) is 15.0 Å². The largest absolute Gasteiger partial charge is 0.433 e. The summed E-state index contributed by atoms with van der Waals surface area (Å²) < 4.78 is 0. The summed E-state index contributed by atoms with van der Waals surface area (Å²) in [7, 11) is 0. The van der Waals surface area contributed by atoms with E-state index in [4.69, 9.17) is 4.84 Å². The molecule has 0 saturated carbocycles. The van der Waals surface area contributed by atoms with E-state index in [1.807, 2.05) is 0 Å². The number of nitro benzene ring substituents is 1. The molecule has 1 amide bonds. The van der Waals surface area contributed by atoms with Gasteiger partial charge in [-0.25, -0.2) is 4.79 Å². The second-order valence-electron chi connectivity index (χ2n) is 3.76. The minimum absolute atomic E-state index is 0.0875. The number of hydrogen-bond acceptors (Lipinski definition) is 6. The van der Waals surface area contributed by atoms with Crippen LogP contribution >= 0.6 is 0 Å². The third-order valence-electron chi connectivity index (χ3n) is 2.42. The maximum atomic E-state index is 11.3. The van der Waals surface area contributed by atoms with Gasteiger partial charge in [0.05, 0.1) is 4.92 Å². The number of nitrogens with one attached hydrogen (secondary N) is 1. The van der Waals surface area contributed by atoms with Gasteiger partial charge in [0.1, 0.15) is 11.0 Å². The van der Waals surface area contributed by atoms with Crippen molar-refractivity contribution in [3.05, 3.63) is 27.8 Å². The van der Waals surface area contributed by atoms with Gasteiger partial charge >= 0.3 is 6.09 Å². The lowest BCUT2D eigenvalue weighted by atomic mass is 10.2. The van der Waals surface area contributed by atoms with E-state index in [9.17, 15) is 14.9 Å². The van der Waals surface area contributed by atoms with E-state index in [0.29, 0.717) is 17.6 Å². The number of aromatic nitrogens is 3. The number of aryl methyl sites for hydroxylation is 1. The molecule has 1 aromatic heterocycles. The maximum absolute atomic E-state index is 11.3. The van der Waals surface area contributed by atoms with Crippen molar-refractivity contribution in [3.63, 3.8) is 0 Å². The molecule has 0 saturated heterocycles. The molecular weight excluding hydrogens is 254 g/mol. The molecule has 19 heavy (non-hydrogen) atoms. The van der Waals surface area contributed by atoms with E-state index >= 15 is 0 Å². The van der Waals surface area contributed by atoms with Gasteiger partial charge in [0.25, 0.3) is 5.69 Å². The van der Waals surface area contributed by atoms with Crippen LogP contribution in [0.1, 0.15) is 12.5 Å². The molecule has 100 valence electrons. The average molecular weight is 265 g/mol. The molecule has 0 aliphatic carbocycles. The van der Waals surface area contributed by atoms with Crippen molar-refractivity contribution in [2.75, 3.05) is 6.54 Å². The van der Waals surface area contributed by atoms with Crippen LogP contribution in [0.5, 0.6) is 0 Å². The molecule has 9 nitrogen and oxygen atoms in total. The van der Waals surface area contributed by atoms with Crippen molar-refractivity contribution in [1.29, 1.82) is 0 Å². The number of rotatable bonds is 3. The number of nitro groups is 1. The highest BCUT2D eigenvalue weighted by Crippen LogP contribution is 2.23. The molecule has 2 rings (SSSR count). The average Bonchev–Trinajstić information content (AvgIpc) is 2.70. The van der Waals surface area contributed by atoms with Crippen LogP contribution in [0.3, 0.4) is 0 Å². The zero-order chi connectivity index (χ0) is 14.0. The molecule has 0 radical (unpaired) electrons. The van der Waals surface area contributed by atoms with Gasteiger partial charge in [-0.2, -0.15) is 0 Å². The highest BCUT2D eigenvalue weighted by molar-refractivity contribution is 5.79. The summed E-state index contributed by atoms with van der Waals surface area (Å²) in [6.07, 6.45) is -0.711. The first-order valence-corrected chi connectivity index (χ1v) is 5.49. The molecule has 0 fully saturated rings. The molecular formula is C10H11N5O4. The van der Waals surface area contributed by atoms with Gasteiger partial charge in [-0.05, 0) is 25.1 Å². The van der Waals surface area contributed by atoms with E-state index in [2.05, 4.69) is 15.6 Å². The van der Waals surface area contributed by atoms with Gasteiger partial charge in [0.15, 0.2) is 0 Å². The van der Waals surface area contributed by atoms with Crippen LogP contribution in [0.4, 0.5) is 10.5 Å². The molecule has 0 aliphatic heterocycles. The summed E-state index contributed by atoms with van der Waals surface area (Å²) in [4.78, 5) is 27.3. The van der Waals surface area contributed by atoms with Crippen molar-refractivity contribution in [3.8, 4) is 0 Å². The van der Waals surface area contributed by atoms with E-state index in [1.54, 1.807) is 13.8 Å². The fourth-order valence-corrected chi connectivity index (χ4v) is 1.56. The molecule has 0 atom stereocenters. The van der Waals surface area contributed by atoms with Gasteiger partial charge in [0, 0.05) is 18.2 Å². The van der Waals surface area contributed by atoms with E-state index < -0.39 is 11.0 Å². The van der Waals surface area contributed by atoms with Gasteiger partial charge < -0.3 is 5.32 Å². The first-order valence-electron chi connectivity index (χ1n) is 5.49. The van der Waals surface area contributed by atoms with Gasteiger partial charge in [-0.15, -0.1) is 5.10 Å². The Morgan fingerprint density at radius 1 is 1.58 bits per heavy atom. The van der Waals surface area contributed by atoms with Crippen molar-refractivity contribution in [2.24, 2.45) is 0 Å². The lowest BCUT2D eigenvalue weighted by Gasteiger charge is -2.03. The minimum atomic E-state index is -0.711. The molecule has 1 aromatic carbocycles. The predicted molar refractivity (Wildman–Crippen MR) is 64.6 cm³/mol. The number of carbonyl (C=O) groups excluding carboxylic acids is 1. The zero-order valence-electron chi connectivity index (χ0n) is 10.3. The quantitative estimate of drug-likeness (QED) is 0.499. The van der Waals surface area contributed by atoms with Crippen molar-refractivity contribution in [1.82, 2.24) is 20.5 Å². The van der Waals surface area contributed by atoms with Crippen LogP contribution in [0.25, 0.3) is 11.0 Å². The number of benzene rings is 1. The van der Waals surface area contributed by atoms with Crippen LogP contribution in [0.2, 0.25) is 0 Å². The smallest absolute Gasteiger partial charge is 0.320 e. The summed E-state index contributed by atoms with van der Waals surface area (Å²) in [5.41, 5.74) is 1.04. The van der Waals surface area contributed by atoms with Gasteiger partial charge in [-0.1, -0.05) is 4.85 Å². The molecule has 9 heteroatoms. The van der Waals surface area contributed by atoms with Crippen molar-refractivity contribution < 1.29 is 14.6 Å². The fourth-order valence-electron chi connectivity index (χ4n) is 1.56. The lowest BCUT2D eigenvalue weighted by Crippen LogP contribution is -2.32. The van der Waals surface area contributed by atoms with Crippen molar-refractivity contribution >= 4 is 22.8 Å². The third-order valence-corrected chi connectivity index (χ3v) is 2.42. The Bertz CT molecular complexity index is 651. The summed E-state index contributed by atoms with van der Waals surface area (Å²) in [5, 5.41) is 20.7. The molecule has 0 spiro atoms. The summed E-state index contributed by atoms with van der Waals surface area (Å²) in [6.45, 7) is 3.72. The fraction of sp³-hybridized carbons (Fsp3) is 0.300. The summed E-state index contributed by atoms with van der Waals surface area (Å²) >= 11 is 0.